The van der Waals surface area contributed by atoms with Crippen molar-refractivity contribution < 1.29 is 9.47 Å². The molecule has 0 heterocycles. The zero-order valence-electron chi connectivity index (χ0n) is 11.3. The molecule has 2 aromatic carbocycles. The van der Waals surface area contributed by atoms with Gasteiger partial charge in [0.05, 0.1) is 19.0 Å². The van der Waals surface area contributed by atoms with Crippen molar-refractivity contribution in [1.82, 2.24) is 0 Å². The Hall–Kier alpha value is -1.48. The smallest absolute Gasteiger partial charge is 0.127 e. The van der Waals surface area contributed by atoms with Crippen LogP contribution in [0, 0.1) is 6.92 Å². The molecule has 0 aromatic heterocycles. The van der Waals surface area contributed by atoms with Gasteiger partial charge in [0.2, 0.25) is 0 Å². The van der Waals surface area contributed by atoms with E-state index in [4.69, 9.17) is 9.47 Å². The van der Waals surface area contributed by atoms with E-state index < -0.39 is 0 Å². The van der Waals surface area contributed by atoms with Gasteiger partial charge in [-0.15, -0.1) is 0 Å². The molecule has 0 saturated heterocycles. The number of halogens is 1. The van der Waals surface area contributed by atoms with Gasteiger partial charge in [-0.3, -0.25) is 0 Å². The topological polar surface area (TPSA) is 18.5 Å². The summed E-state index contributed by atoms with van der Waals surface area (Å²) < 4.78 is 10.7. The predicted molar refractivity (Wildman–Crippen MR) is 81.5 cm³/mol. The number of hydrogen-bond acceptors (Lipinski definition) is 2. The van der Waals surface area contributed by atoms with E-state index in [2.05, 4.69) is 47.1 Å². The first kappa shape index (κ1) is 13.9. The lowest BCUT2D eigenvalue weighted by Crippen LogP contribution is -1.98. The van der Waals surface area contributed by atoms with E-state index in [0.29, 0.717) is 0 Å². The molecule has 0 fully saturated rings. The van der Waals surface area contributed by atoms with Crippen molar-refractivity contribution in [2.75, 3.05) is 14.2 Å². The minimum absolute atomic E-state index is 0.105. The maximum atomic E-state index is 5.45. The summed E-state index contributed by atoms with van der Waals surface area (Å²) in [5.74, 6) is 1.62. The van der Waals surface area contributed by atoms with Crippen LogP contribution in [0.25, 0.3) is 0 Å². The first-order valence-electron chi connectivity index (χ1n) is 6.08. The molecule has 2 rings (SSSR count). The second-order valence-electron chi connectivity index (χ2n) is 4.38. The van der Waals surface area contributed by atoms with Gasteiger partial charge in [-0.1, -0.05) is 51.8 Å². The SMILES string of the molecule is COc1ccc(C(Br)c2cccc(C)c2)c(OC)c1. The summed E-state index contributed by atoms with van der Waals surface area (Å²) >= 11 is 3.75. The first-order chi connectivity index (χ1) is 9.15. The van der Waals surface area contributed by atoms with Gasteiger partial charge >= 0.3 is 0 Å². The molecule has 2 aromatic rings. The third-order valence-corrected chi connectivity index (χ3v) is 4.07. The number of methoxy groups -OCH3 is 2. The molecule has 0 amide bonds. The molecule has 19 heavy (non-hydrogen) atoms. The molecule has 0 bridgehead atoms. The maximum Gasteiger partial charge on any atom is 0.127 e. The molecular formula is C16H17BrO2. The summed E-state index contributed by atoms with van der Waals surface area (Å²) in [6, 6.07) is 14.3. The van der Waals surface area contributed by atoms with Gasteiger partial charge in [0.15, 0.2) is 0 Å². The fourth-order valence-corrected chi connectivity index (χ4v) is 2.70. The van der Waals surface area contributed by atoms with Gasteiger partial charge in [-0.25, -0.2) is 0 Å². The Balaban J connectivity index is 2.40. The van der Waals surface area contributed by atoms with Gasteiger partial charge in [0.25, 0.3) is 0 Å². The molecule has 0 aliphatic carbocycles. The molecule has 0 N–H and O–H groups in total. The average molecular weight is 321 g/mol. The minimum atomic E-state index is 0.105. The normalized spacial score (nSPS) is 12.0. The Labute approximate surface area is 122 Å². The van der Waals surface area contributed by atoms with Gasteiger partial charge in [-0.05, 0) is 18.6 Å². The van der Waals surface area contributed by atoms with Crippen molar-refractivity contribution in [2.24, 2.45) is 0 Å². The van der Waals surface area contributed by atoms with Gasteiger partial charge in [0, 0.05) is 11.6 Å². The number of aryl methyl sites for hydroxylation is 1. The van der Waals surface area contributed by atoms with Crippen LogP contribution in [-0.2, 0) is 0 Å². The van der Waals surface area contributed by atoms with Gasteiger partial charge in [-0.2, -0.15) is 0 Å². The summed E-state index contributed by atoms with van der Waals surface area (Å²) in [7, 11) is 3.33. The largest absolute Gasteiger partial charge is 0.497 e. The van der Waals surface area contributed by atoms with E-state index in [0.717, 1.165) is 17.1 Å². The van der Waals surface area contributed by atoms with Crippen LogP contribution in [0.2, 0.25) is 0 Å². The highest BCUT2D eigenvalue weighted by Gasteiger charge is 2.16. The van der Waals surface area contributed by atoms with Crippen molar-refractivity contribution in [1.29, 1.82) is 0 Å². The zero-order chi connectivity index (χ0) is 13.8. The first-order valence-corrected chi connectivity index (χ1v) is 7.00. The molecule has 0 aliphatic rings. The van der Waals surface area contributed by atoms with Crippen LogP contribution in [0.3, 0.4) is 0 Å². The summed E-state index contributed by atoms with van der Waals surface area (Å²) in [4.78, 5) is 0.105. The van der Waals surface area contributed by atoms with Crippen LogP contribution < -0.4 is 9.47 Å². The van der Waals surface area contributed by atoms with E-state index in [1.54, 1.807) is 14.2 Å². The highest BCUT2D eigenvalue weighted by Crippen LogP contribution is 2.38. The Kier molecular flexibility index (Phi) is 4.48. The van der Waals surface area contributed by atoms with Crippen LogP contribution in [0.1, 0.15) is 21.5 Å². The number of alkyl halides is 1. The second-order valence-corrected chi connectivity index (χ2v) is 5.30. The highest BCUT2D eigenvalue weighted by atomic mass is 79.9. The van der Waals surface area contributed by atoms with Crippen molar-refractivity contribution in [3.8, 4) is 11.5 Å². The standard InChI is InChI=1S/C16H17BrO2/c1-11-5-4-6-12(9-11)16(17)14-8-7-13(18-2)10-15(14)19-3/h4-10,16H,1-3H3. The maximum absolute atomic E-state index is 5.45. The third kappa shape index (κ3) is 3.10. The number of rotatable bonds is 4. The molecular weight excluding hydrogens is 304 g/mol. The fraction of sp³-hybridized carbons (Fsp3) is 0.250. The van der Waals surface area contributed by atoms with Crippen LogP contribution in [0.5, 0.6) is 11.5 Å². The lowest BCUT2D eigenvalue weighted by atomic mass is 10.0. The molecule has 1 unspecified atom stereocenters. The Bertz CT molecular complexity index is 566. The van der Waals surface area contributed by atoms with Crippen molar-refractivity contribution >= 4 is 15.9 Å². The predicted octanol–water partition coefficient (Wildman–Crippen LogP) is 4.50. The van der Waals surface area contributed by atoms with Crippen molar-refractivity contribution in [3.05, 3.63) is 59.2 Å². The molecule has 2 nitrogen and oxygen atoms in total. The summed E-state index contributed by atoms with van der Waals surface area (Å²) in [6.45, 7) is 2.09. The van der Waals surface area contributed by atoms with Crippen LogP contribution in [-0.4, -0.2) is 14.2 Å². The van der Waals surface area contributed by atoms with Crippen molar-refractivity contribution in [3.63, 3.8) is 0 Å². The second kappa shape index (κ2) is 6.11. The molecule has 0 spiro atoms. The van der Waals surface area contributed by atoms with Gasteiger partial charge < -0.3 is 9.47 Å². The van der Waals surface area contributed by atoms with Crippen molar-refractivity contribution in [2.45, 2.75) is 11.8 Å². The van der Waals surface area contributed by atoms with Crippen LogP contribution >= 0.6 is 15.9 Å². The van der Waals surface area contributed by atoms with E-state index in [1.807, 2.05) is 18.2 Å². The molecule has 1 atom stereocenters. The monoisotopic (exact) mass is 320 g/mol. The summed E-state index contributed by atoms with van der Waals surface area (Å²) in [6.07, 6.45) is 0. The molecule has 0 aliphatic heterocycles. The Morgan fingerprint density at radius 2 is 1.79 bits per heavy atom. The number of hydrogen-bond donors (Lipinski definition) is 0. The Morgan fingerprint density at radius 1 is 1.00 bits per heavy atom. The van der Waals surface area contributed by atoms with Crippen LogP contribution in [0.4, 0.5) is 0 Å². The van der Waals surface area contributed by atoms with E-state index in [-0.39, 0.29) is 4.83 Å². The quantitative estimate of drug-likeness (QED) is 0.772. The van der Waals surface area contributed by atoms with Gasteiger partial charge in [0.1, 0.15) is 11.5 Å². The number of benzene rings is 2. The number of ether oxygens (including phenoxy) is 2. The third-order valence-electron chi connectivity index (χ3n) is 3.05. The van der Waals surface area contributed by atoms with E-state index in [9.17, 15) is 0 Å². The lowest BCUT2D eigenvalue weighted by Gasteiger charge is -2.16. The summed E-state index contributed by atoms with van der Waals surface area (Å²) in [5.41, 5.74) is 3.55. The fourth-order valence-electron chi connectivity index (χ4n) is 2.04. The average Bonchev–Trinajstić information content (AvgIpc) is 2.45. The highest BCUT2D eigenvalue weighted by molar-refractivity contribution is 9.09. The molecule has 100 valence electrons. The van der Waals surface area contributed by atoms with E-state index >= 15 is 0 Å². The molecule has 3 heteroatoms. The summed E-state index contributed by atoms with van der Waals surface area (Å²) in [5, 5.41) is 0. The minimum Gasteiger partial charge on any atom is -0.497 e. The zero-order valence-corrected chi connectivity index (χ0v) is 12.9. The van der Waals surface area contributed by atoms with Crippen LogP contribution in [0.15, 0.2) is 42.5 Å². The lowest BCUT2D eigenvalue weighted by molar-refractivity contribution is 0.391. The molecule has 0 saturated carbocycles. The van der Waals surface area contributed by atoms with E-state index in [1.165, 1.54) is 11.1 Å². The molecule has 0 radical (unpaired) electrons. The Morgan fingerprint density at radius 3 is 2.42 bits per heavy atom.